The molecule has 2 aromatic rings. The summed E-state index contributed by atoms with van der Waals surface area (Å²) < 4.78 is 5.21. The lowest BCUT2D eigenvalue weighted by molar-refractivity contribution is 0.0681. The van der Waals surface area contributed by atoms with E-state index >= 15 is 0 Å². The van der Waals surface area contributed by atoms with Crippen LogP contribution in [0.4, 0.5) is 0 Å². The van der Waals surface area contributed by atoms with Crippen LogP contribution in [0.15, 0.2) is 24.3 Å². The lowest BCUT2D eigenvalue weighted by atomic mass is 9.99. The Morgan fingerprint density at radius 1 is 1.08 bits per heavy atom. The molecular weight excluding hydrogens is 426 g/mol. The molecule has 0 amide bonds. The van der Waals surface area contributed by atoms with Crippen molar-refractivity contribution < 1.29 is 24.5 Å². The second-order valence-electron chi connectivity index (χ2n) is 5.40. The number of aliphatic hydroxyl groups excluding tert-OH is 1. The number of carboxylic acids is 1. The van der Waals surface area contributed by atoms with Gasteiger partial charge in [-0.25, -0.2) is 9.59 Å². The summed E-state index contributed by atoms with van der Waals surface area (Å²) in [6.07, 6.45) is 0. The van der Waals surface area contributed by atoms with Gasteiger partial charge in [0.05, 0.1) is 10.6 Å². The molecule has 0 aliphatic heterocycles. The van der Waals surface area contributed by atoms with Crippen LogP contribution in [0.3, 0.4) is 0 Å². The molecule has 1 unspecified atom stereocenters. The smallest absolute Gasteiger partial charge is 0.343 e. The van der Waals surface area contributed by atoms with E-state index in [1.165, 1.54) is 18.2 Å². The number of esters is 1. The van der Waals surface area contributed by atoms with Crippen LogP contribution in [0.5, 0.6) is 5.75 Å². The number of hydrogen-bond acceptors (Lipinski definition) is 4. The lowest BCUT2D eigenvalue weighted by Crippen LogP contribution is -2.14. The van der Waals surface area contributed by atoms with Crippen LogP contribution in [0, 0.1) is 0 Å². The van der Waals surface area contributed by atoms with Crippen LogP contribution in [0.25, 0.3) is 0 Å². The molecule has 1 atom stereocenters. The summed E-state index contributed by atoms with van der Waals surface area (Å²) in [6.45, 7) is 1.35. The summed E-state index contributed by atoms with van der Waals surface area (Å²) in [5.74, 6) is -3.16. The van der Waals surface area contributed by atoms with E-state index in [9.17, 15) is 19.8 Å². The average molecular weight is 438 g/mol. The molecule has 2 rings (SSSR count). The molecule has 9 heteroatoms. The normalized spacial score (nSPS) is 11.9. The predicted octanol–water partition coefficient (Wildman–Crippen LogP) is 5.31. The third-order valence-corrected chi connectivity index (χ3v) is 4.62. The molecule has 5 nitrogen and oxygen atoms in total. The lowest BCUT2D eigenvalue weighted by Gasteiger charge is -2.18. The van der Waals surface area contributed by atoms with E-state index in [2.05, 4.69) is 0 Å². The first-order chi connectivity index (χ1) is 12.1. The molecule has 26 heavy (non-hydrogen) atoms. The number of carbonyl (C=O) groups is 2. The summed E-state index contributed by atoms with van der Waals surface area (Å²) in [6, 6.07) is 5.18. The van der Waals surface area contributed by atoms with E-state index in [-0.39, 0.29) is 43.6 Å². The van der Waals surface area contributed by atoms with Crippen molar-refractivity contribution in [1.82, 2.24) is 0 Å². The average Bonchev–Trinajstić information content (AvgIpc) is 2.55. The molecule has 0 aromatic heterocycles. The second kappa shape index (κ2) is 8.46. The van der Waals surface area contributed by atoms with Gasteiger partial charge in [0.15, 0.2) is 5.75 Å². The fraction of sp³-hybridized carbons (Fsp3) is 0.176. The van der Waals surface area contributed by atoms with Crippen LogP contribution in [-0.4, -0.2) is 28.8 Å². The van der Waals surface area contributed by atoms with Crippen molar-refractivity contribution >= 4 is 58.3 Å². The molecule has 0 heterocycles. The largest absolute Gasteiger partial charge is 0.478 e. The number of aliphatic hydroxyl groups is 1. The first-order valence-corrected chi connectivity index (χ1v) is 8.71. The summed E-state index contributed by atoms with van der Waals surface area (Å²) in [5, 5.41) is 19.0. The first kappa shape index (κ1) is 20.8. The number of benzene rings is 2. The SMILES string of the molecule is CC(CO)c1c(Cl)cc(C(=O)O)c(OC(=O)c2cc(Cl)cc(Cl)c2)c1Cl. The van der Waals surface area contributed by atoms with Crippen molar-refractivity contribution in [3.05, 3.63) is 61.0 Å². The third kappa shape index (κ3) is 4.42. The highest BCUT2D eigenvalue weighted by molar-refractivity contribution is 6.38. The Bertz CT molecular complexity index is 862. The van der Waals surface area contributed by atoms with Crippen molar-refractivity contribution in [2.24, 2.45) is 0 Å². The fourth-order valence-electron chi connectivity index (χ4n) is 2.24. The Hall–Kier alpha value is -1.50. The molecule has 0 spiro atoms. The number of carboxylic acid groups (broad SMARTS) is 1. The monoisotopic (exact) mass is 436 g/mol. The predicted molar refractivity (Wildman–Crippen MR) is 100 cm³/mol. The Kier molecular flexibility index (Phi) is 6.77. The number of rotatable bonds is 5. The molecule has 0 saturated heterocycles. The molecular formula is C17H12Cl4O5. The van der Waals surface area contributed by atoms with Gasteiger partial charge in [0.2, 0.25) is 0 Å². The van der Waals surface area contributed by atoms with Gasteiger partial charge in [0.1, 0.15) is 5.56 Å². The van der Waals surface area contributed by atoms with Crippen molar-refractivity contribution in [3.63, 3.8) is 0 Å². The molecule has 138 valence electrons. The van der Waals surface area contributed by atoms with Gasteiger partial charge < -0.3 is 14.9 Å². The zero-order valence-electron chi connectivity index (χ0n) is 13.2. The zero-order valence-corrected chi connectivity index (χ0v) is 16.2. The highest BCUT2D eigenvalue weighted by Gasteiger charge is 2.26. The van der Waals surface area contributed by atoms with Gasteiger partial charge in [-0.3, -0.25) is 0 Å². The summed E-state index contributed by atoms with van der Waals surface area (Å²) >= 11 is 24.0. The van der Waals surface area contributed by atoms with Gasteiger partial charge in [-0.1, -0.05) is 53.3 Å². The van der Waals surface area contributed by atoms with Crippen molar-refractivity contribution in [1.29, 1.82) is 0 Å². The number of ether oxygens (including phenoxy) is 1. The van der Waals surface area contributed by atoms with Gasteiger partial charge in [-0.15, -0.1) is 0 Å². The zero-order chi connectivity index (χ0) is 19.6. The number of carbonyl (C=O) groups excluding carboxylic acids is 1. The highest BCUT2D eigenvalue weighted by atomic mass is 35.5. The minimum Gasteiger partial charge on any atom is -0.478 e. The Morgan fingerprint density at radius 3 is 2.15 bits per heavy atom. The molecule has 0 radical (unpaired) electrons. The molecule has 0 saturated carbocycles. The first-order valence-electron chi connectivity index (χ1n) is 7.20. The van der Waals surface area contributed by atoms with Crippen LogP contribution in [0.1, 0.15) is 39.1 Å². The molecule has 0 fully saturated rings. The summed E-state index contributed by atoms with van der Waals surface area (Å²) in [5.41, 5.74) is -0.107. The van der Waals surface area contributed by atoms with E-state index in [1.807, 2.05) is 0 Å². The summed E-state index contributed by atoms with van der Waals surface area (Å²) in [7, 11) is 0. The maximum atomic E-state index is 12.4. The van der Waals surface area contributed by atoms with E-state index < -0.39 is 23.4 Å². The standard InChI is InChI=1S/C17H12Cl4O5/c1-7(6-22)13-12(20)5-11(16(23)24)15(14(13)21)26-17(25)8-2-9(18)4-10(19)3-8/h2-5,7,22H,6H2,1H3,(H,23,24). The summed E-state index contributed by atoms with van der Waals surface area (Å²) in [4.78, 5) is 23.9. The Labute approximate surface area is 169 Å². The molecule has 2 N–H and O–H groups in total. The topological polar surface area (TPSA) is 83.8 Å². The number of hydrogen-bond donors (Lipinski definition) is 2. The van der Waals surface area contributed by atoms with Gasteiger partial charge in [0.25, 0.3) is 0 Å². The van der Waals surface area contributed by atoms with Crippen molar-refractivity contribution in [2.45, 2.75) is 12.8 Å². The van der Waals surface area contributed by atoms with Crippen LogP contribution < -0.4 is 4.74 Å². The van der Waals surface area contributed by atoms with E-state index in [0.717, 1.165) is 6.07 Å². The minimum atomic E-state index is -1.39. The van der Waals surface area contributed by atoms with E-state index in [1.54, 1.807) is 6.92 Å². The number of halogens is 4. The van der Waals surface area contributed by atoms with Crippen molar-refractivity contribution in [3.8, 4) is 5.75 Å². The maximum absolute atomic E-state index is 12.4. The highest BCUT2D eigenvalue weighted by Crippen LogP contribution is 2.41. The van der Waals surface area contributed by atoms with Gasteiger partial charge in [-0.05, 0) is 29.8 Å². The van der Waals surface area contributed by atoms with Crippen LogP contribution in [-0.2, 0) is 0 Å². The quantitative estimate of drug-likeness (QED) is 0.488. The van der Waals surface area contributed by atoms with Crippen LogP contribution in [0.2, 0.25) is 20.1 Å². The van der Waals surface area contributed by atoms with Crippen LogP contribution >= 0.6 is 46.4 Å². The van der Waals surface area contributed by atoms with Gasteiger partial charge in [-0.2, -0.15) is 0 Å². The Balaban J connectivity index is 2.56. The molecule has 2 aromatic carbocycles. The van der Waals surface area contributed by atoms with Gasteiger partial charge in [0, 0.05) is 27.6 Å². The minimum absolute atomic E-state index is 0.0154. The van der Waals surface area contributed by atoms with Gasteiger partial charge >= 0.3 is 11.9 Å². The molecule has 0 aliphatic rings. The third-order valence-electron chi connectivity index (χ3n) is 3.50. The number of aromatic carboxylic acids is 1. The maximum Gasteiger partial charge on any atom is 0.343 e. The molecule has 0 bridgehead atoms. The molecule has 0 aliphatic carbocycles. The second-order valence-corrected chi connectivity index (χ2v) is 7.06. The van der Waals surface area contributed by atoms with E-state index in [0.29, 0.717) is 0 Å². The Morgan fingerprint density at radius 2 is 1.65 bits per heavy atom. The van der Waals surface area contributed by atoms with E-state index in [4.69, 9.17) is 51.1 Å². The fourth-order valence-corrected chi connectivity index (χ4v) is 3.63. The van der Waals surface area contributed by atoms with Crippen molar-refractivity contribution in [2.75, 3.05) is 6.61 Å².